The summed E-state index contributed by atoms with van der Waals surface area (Å²) >= 11 is 0. The molecule has 26 heavy (non-hydrogen) atoms. The van der Waals surface area contributed by atoms with Crippen LogP contribution in [0, 0.1) is 12.7 Å². The molecule has 0 spiro atoms. The Morgan fingerprint density at radius 2 is 1.96 bits per heavy atom. The number of sulfone groups is 1. The molecule has 0 aliphatic carbocycles. The van der Waals surface area contributed by atoms with Crippen LogP contribution in [0.5, 0.6) is 0 Å². The monoisotopic (exact) mass is 374 g/mol. The molecule has 0 saturated carbocycles. The van der Waals surface area contributed by atoms with Crippen molar-refractivity contribution >= 4 is 21.4 Å². The number of nitrogens with zero attached hydrogens (tertiary/aromatic N) is 1. The van der Waals surface area contributed by atoms with Gasteiger partial charge in [0.05, 0.1) is 10.5 Å². The first kappa shape index (κ1) is 17.8. The number of amides is 1. The van der Waals surface area contributed by atoms with Crippen LogP contribution in [0.1, 0.15) is 16.2 Å². The standard InChI is InChI=1S/C18H15FN2O4S/c1-11-20-17(10-25-11)12-4-3-5-13(8-12)21-18(22)15-7-6-14(9-16(15)19)26(2,23)24/h3-10H,1-2H3,(H,21,22). The minimum atomic E-state index is -3.55. The summed E-state index contributed by atoms with van der Waals surface area (Å²) in [6.45, 7) is 1.72. The van der Waals surface area contributed by atoms with Gasteiger partial charge in [-0.1, -0.05) is 12.1 Å². The van der Waals surface area contributed by atoms with Crippen molar-refractivity contribution in [3.63, 3.8) is 0 Å². The van der Waals surface area contributed by atoms with Crippen LogP contribution in [0.25, 0.3) is 11.3 Å². The van der Waals surface area contributed by atoms with Crippen molar-refractivity contribution < 1.29 is 22.0 Å². The Labute approximate surface area is 149 Å². The van der Waals surface area contributed by atoms with Gasteiger partial charge in [-0.25, -0.2) is 17.8 Å². The van der Waals surface area contributed by atoms with Crippen LogP contribution < -0.4 is 5.32 Å². The minimum Gasteiger partial charge on any atom is -0.449 e. The maximum Gasteiger partial charge on any atom is 0.258 e. The number of benzene rings is 2. The highest BCUT2D eigenvalue weighted by molar-refractivity contribution is 7.90. The van der Waals surface area contributed by atoms with E-state index in [1.165, 1.54) is 12.3 Å². The zero-order chi connectivity index (χ0) is 18.9. The SMILES string of the molecule is Cc1nc(-c2cccc(NC(=O)c3ccc(S(C)(=O)=O)cc3F)c2)co1. The third-order valence-electron chi connectivity index (χ3n) is 3.65. The molecule has 3 aromatic rings. The van der Waals surface area contributed by atoms with E-state index in [0.717, 1.165) is 24.0 Å². The summed E-state index contributed by atoms with van der Waals surface area (Å²) in [5, 5.41) is 2.59. The highest BCUT2D eigenvalue weighted by Crippen LogP contribution is 2.23. The van der Waals surface area contributed by atoms with Gasteiger partial charge in [0.2, 0.25) is 0 Å². The molecule has 1 amide bonds. The Kier molecular flexibility index (Phi) is 4.60. The Morgan fingerprint density at radius 1 is 1.19 bits per heavy atom. The molecule has 0 bridgehead atoms. The number of hydrogen-bond acceptors (Lipinski definition) is 5. The number of aryl methyl sites for hydroxylation is 1. The second kappa shape index (κ2) is 6.72. The van der Waals surface area contributed by atoms with Gasteiger partial charge in [-0.3, -0.25) is 4.79 Å². The summed E-state index contributed by atoms with van der Waals surface area (Å²) in [4.78, 5) is 16.3. The molecule has 0 aliphatic rings. The number of nitrogens with one attached hydrogen (secondary N) is 1. The molecule has 0 unspecified atom stereocenters. The van der Waals surface area contributed by atoms with E-state index < -0.39 is 21.6 Å². The molecule has 0 fully saturated rings. The molecule has 1 aromatic heterocycles. The van der Waals surface area contributed by atoms with Gasteiger partial charge in [0.1, 0.15) is 17.8 Å². The van der Waals surface area contributed by atoms with Crippen molar-refractivity contribution in [3.8, 4) is 11.3 Å². The number of halogens is 1. The molecule has 2 aromatic carbocycles. The fourth-order valence-corrected chi connectivity index (χ4v) is 2.99. The van der Waals surface area contributed by atoms with Crippen molar-refractivity contribution in [2.45, 2.75) is 11.8 Å². The molecule has 0 aliphatic heterocycles. The number of rotatable bonds is 4. The van der Waals surface area contributed by atoms with Gasteiger partial charge in [-0.15, -0.1) is 0 Å². The van der Waals surface area contributed by atoms with Gasteiger partial charge in [0.15, 0.2) is 15.7 Å². The second-order valence-corrected chi connectivity index (χ2v) is 7.72. The predicted molar refractivity (Wildman–Crippen MR) is 94.1 cm³/mol. The lowest BCUT2D eigenvalue weighted by molar-refractivity contribution is 0.102. The number of aromatic nitrogens is 1. The molecular weight excluding hydrogens is 359 g/mol. The lowest BCUT2D eigenvalue weighted by atomic mass is 10.1. The third kappa shape index (κ3) is 3.80. The molecule has 6 nitrogen and oxygen atoms in total. The van der Waals surface area contributed by atoms with Gasteiger partial charge in [0, 0.05) is 24.4 Å². The van der Waals surface area contributed by atoms with Crippen LogP contribution in [-0.4, -0.2) is 25.6 Å². The summed E-state index contributed by atoms with van der Waals surface area (Å²) in [5.74, 6) is -1.08. The van der Waals surface area contributed by atoms with Gasteiger partial charge >= 0.3 is 0 Å². The van der Waals surface area contributed by atoms with E-state index in [1.54, 1.807) is 31.2 Å². The highest BCUT2D eigenvalue weighted by atomic mass is 32.2. The van der Waals surface area contributed by atoms with Crippen LogP contribution in [0.2, 0.25) is 0 Å². The quantitative estimate of drug-likeness (QED) is 0.756. The van der Waals surface area contributed by atoms with Crippen molar-refractivity contribution in [2.24, 2.45) is 0 Å². The summed E-state index contributed by atoms with van der Waals surface area (Å²) < 4.78 is 42.2. The molecule has 0 saturated heterocycles. The average Bonchev–Trinajstić information content (AvgIpc) is 3.00. The van der Waals surface area contributed by atoms with Crippen LogP contribution in [0.3, 0.4) is 0 Å². The number of carbonyl (C=O) groups excluding carboxylic acids is 1. The number of hydrogen-bond donors (Lipinski definition) is 1. The van der Waals surface area contributed by atoms with Gasteiger partial charge in [-0.05, 0) is 30.3 Å². The van der Waals surface area contributed by atoms with Crippen LogP contribution in [0.15, 0.2) is 58.0 Å². The molecule has 1 heterocycles. The summed E-state index contributed by atoms with van der Waals surface area (Å²) in [6, 6.07) is 10.0. The number of carbonyl (C=O) groups is 1. The smallest absolute Gasteiger partial charge is 0.258 e. The Hall–Kier alpha value is -3.00. The fraction of sp³-hybridized carbons (Fsp3) is 0.111. The fourth-order valence-electron chi connectivity index (χ4n) is 2.36. The average molecular weight is 374 g/mol. The molecule has 1 N–H and O–H groups in total. The molecular formula is C18H15FN2O4S. The maximum atomic E-state index is 14.1. The van der Waals surface area contributed by atoms with Gasteiger partial charge in [-0.2, -0.15) is 0 Å². The summed E-state index contributed by atoms with van der Waals surface area (Å²) in [7, 11) is -3.55. The first-order chi connectivity index (χ1) is 12.2. The number of anilines is 1. The number of oxazole rings is 1. The van der Waals surface area contributed by atoms with Crippen molar-refractivity contribution in [1.29, 1.82) is 0 Å². The Bertz CT molecular complexity index is 1090. The van der Waals surface area contributed by atoms with E-state index in [-0.39, 0.29) is 10.5 Å². The van der Waals surface area contributed by atoms with Crippen molar-refractivity contribution in [3.05, 3.63) is 66.0 Å². The molecule has 8 heteroatoms. The molecule has 0 radical (unpaired) electrons. The van der Waals surface area contributed by atoms with E-state index in [4.69, 9.17) is 4.42 Å². The van der Waals surface area contributed by atoms with E-state index in [1.807, 2.05) is 0 Å². The van der Waals surface area contributed by atoms with Crippen LogP contribution >= 0.6 is 0 Å². The van der Waals surface area contributed by atoms with E-state index in [9.17, 15) is 17.6 Å². The summed E-state index contributed by atoms with van der Waals surface area (Å²) in [5.41, 5.74) is 1.54. The molecule has 3 rings (SSSR count). The van der Waals surface area contributed by atoms with Gasteiger partial charge in [0.25, 0.3) is 5.91 Å². The third-order valence-corrected chi connectivity index (χ3v) is 4.76. The lowest BCUT2D eigenvalue weighted by Crippen LogP contribution is -2.14. The van der Waals surface area contributed by atoms with Crippen LogP contribution in [-0.2, 0) is 9.84 Å². The first-order valence-corrected chi connectivity index (χ1v) is 9.47. The topological polar surface area (TPSA) is 89.3 Å². The van der Waals surface area contributed by atoms with Crippen molar-refractivity contribution in [1.82, 2.24) is 4.98 Å². The minimum absolute atomic E-state index is 0.185. The predicted octanol–water partition coefficient (Wildman–Crippen LogP) is 3.44. The highest BCUT2D eigenvalue weighted by Gasteiger charge is 2.16. The summed E-state index contributed by atoms with van der Waals surface area (Å²) in [6.07, 6.45) is 2.47. The lowest BCUT2D eigenvalue weighted by Gasteiger charge is -2.08. The first-order valence-electron chi connectivity index (χ1n) is 7.57. The Balaban J connectivity index is 1.84. The van der Waals surface area contributed by atoms with Crippen LogP contribution in [0.4, 0.5) is 10.1 Å². The maximum absolute atomic E-state index is 14.1. The second-order valence-electron chi connectivity index (χ2n) is 5.70. The van der Waals surface area contributed by atoms with Crippen molar-refractivity contribution in [2.75, 3.05) is 11.6 Å². The van der Waals surface area contributed by atoms with E-state index in [2.05, 4.69) is 10.3 Å². The van der Waals surface area contributed by atoms with E-state index in [0.29, 0.717) is 17.3 Å². The normalized spacial score (nSPS) is 11.3. The van der Waals surface area contributed by atoms with Gasteiger partial charge < -0.3 is 9.73 Å². The largest absolute Gasteiger partial charge is 0.449 e. The molecule has 0 atom stereocenters. The Morgan fingerprint density at radius 3 is 2.58 bits per heavy atom. The zero-order valence-electron chi connectivity index (χ0n) is 14.0. The van der Waals surface area contributed by atoms with E-state index >= 15 is 0 Å². The molecule has 134 valence electrons. The zero-order valence-corrected chi connectivity index (χ0v) is 14.8.